The van der Waals surface area contributed by atoms with Crippen LogP contribution in [0.3, 0.4) is 0 Å². The molecule has 3 aliphatic rings. The van der Waals surface area contributed by atoms with Crippen molar-refractivity contribution >= 4 is 15.9 Å². The number of aromatic amines is 1. The molecule has 30 heavy (non-hydrogen) atoms. The highest BCUT2D eigenvalue weighted by atomic mass is 32.2. The van der Waals surface area contributed by atoms with E-state index in [1.807, 2.05) is 4.90 Å². The van der Waals surface area contributed by atoms with Gasteiger partial charge in [0, 0.05) is 31.7 Å². The number of hydrogen-bond acceptors (Lipinski definition) is 6. The predicted octanol–water partition coefficient (Wildman–Crippen LogP) is 1.10. The first-order valence-electron chi connectivity index (χ1n) is 10.8. The van der Waals surface area contributed by atoms with Crippen LogP contribution in [0.15, 0.2) is 4.79 Å². The summed E-state index contributed by atoms with van der Waals surface area (Å²) >= 11 is 0. The molecule has 2 fully saturated rings. The van der Waals surface area contributed by atoms with Crippen molar-refractivity contribution in [2.24, 2.45) is 0 Å². The van der Waals surface area contributed by atoms with Crippen LogP contribution in [0.2, 0.25) is 0 Å². The number of nitrogens with zero attached hydrogens (tertiary/aromatic N) is 3. The minimum atomic E-state index is -3.35. The molecule has 2 saturated heterocycles. The van der Waals surface area contributed by atoms with Crippen LogP contribution in [0.5, 0.6) is 0 Å². The zero-order valence-corrected chi connectivity index (χ0v) is 18.2. The number of carbonyl (C=O) groups is 1. The number of nitrogens with one attached hydrogen (secondary N) is 1. The van der Waals surface area contributed by atoms with Crippen molar-refractivity contribution in [1.29, 1.82) is 0 Å². The van der Waals surface area contributed by atoms with Gasteiger partial charge >= 0.3 is 0 Å². The van der Waals surface area contributed by atoms with Crippen molar-refractivity contribution < 1.29 is 17.9 Å². The summed E-state index contributed by atoms with van der Waals surface area (Å²) in [5.41, 5.74) is 0.828. The molecule has 1 aromatic rings. The zero-order valence-electron chi connectivity index (χ0n) is 17.4. The summed E-state index contributed by atoms with van der Waals surface area (Å²) in [6.07, 6.45) is 7.52. The first kappa shape index (κ1) is 21.5. The largest absolute Gasteiger partial charge is 0.378 e. The van der Waals surface area contributed by atoms with Crippen molar-refractivity contribution in [3.8, 4) is 0 Å². The number of ether oxygens (including phenoxy) is 1. The van der Waals surface area contributed by atoms with E-state index >= 15 is 0 Å². The van der Waals surface area contributed by atoms with Gasteiger partial charge in [-0.2, -0.15) is 4.31 Å². The third kappa shape index (κ3) is 4.60. The number of H-pyrrole nitrogens is 1. The molecule has 0 spiro atoms. The van der Waals surface area contributed by atoms with Gasteiger partial charge in [0.25, 0.3) is 5.56 Å². The maximum absolute atomic E-state index is 13.0. The van der Waals surface area contributed by atoms with Crippen LogP contribution < -0.4 is 5.56 Å². The third-order valence-corrected chi connectivity index (χ3v) is 7.62. The Morgan fingerprint density at radius 1 is 1.23 bits per heavy atom. The molecule has 9 nitrogen and oxygen atoms in total. The number of fused-ring (bicyclic) bond motifs is 1. The molecule has 0 unspecified atom stereocenters. The zero-order chi connectivity index (χ0) is 21.3. The number of sulfonamides is 1. The maximum atomic E-state index is 13.0. The van der Waals surface area contributed by atoms with Gasteiger partial charge in [0.05, 0.1) is 30.6 Å². The normalized spacial score (nSPS) is 25.3. The fraction of sp³-hybridized carbons (Fsp3) is 0.750. The van der Waals surface area contributed by atoms with Crippen molar-refractivity contribution in [2.75, 3.05) is 26.0 Å². The predicted molar refractivity (Wildman–Crippen MR) is 110 cm³/mol. The van der Waals surface area contributed by atoms with Crippen LogP contribution in [0.4, 0.5) is 0 Å². The van der Waals surface area contributed by atoms with E-state index in [-0.39, 0.29) is 36.7 Å². The van der Waals surface area contributed by atoms with E-state index < -0.39 is 10.0 Å². The Morgan fingerprint density at radius 2 is 2.07 bits per heavy atom. The highest BCUT2D eigenvalue weighted by Crippen LogP contribution is 2.30. The summed E-state index contributed by atoms with van der Waals surface area (Å²) in [7, 11) is -3.35. The first-order valence-corrected chi connectivity index (χ1v) is 12.7. The highest BCUT2D eigenvalue weighted by Gasteiger charge is 2.32. The molecule has 0 aromatic carbocycles. The van der Waals surface area contributed by atoms with Gasteiger partial charge < -0.3 is 14.6 Å². The van der Waals surface area contributed by atoms with Crippen molar-refractivity contribution in [3.63, 3.8) is 0 Å². The average molecular weight is 439 g/mol. The summed E-state index contributed by atoms with van der Waals surface area (Å²) in [6, 6.07) is -0.276. The SMILES string of the molecule is CS(=O)(=O)N1CCc2c(nc([C@H]3CCCCN3C(=O)CC[C@@H]3CCCO3)[nH]c2=O)C1. The number of carbonyl (C=O) groups excluding carboxylic acids is 1. The lowest BCUT2D eigenvalue weighted by molar-refractivity contribution is -0.136. The van der Waals surface area contributed by atoms with Gasteiger partial charge in [-0.05, 0) is 44.9 Å². The fourth-order valence-electron chi connectivity index (χ4n) is 4.69. The quantitative estimate of drug-likeness (QED) is 0.737. The Kier molecular flexibility index (Phi) is 6.26. The smallest absolute Gasteiger partial charge is 0.254 e. The Labute approximate surface area is 176 Å². The molecule has 166 valence electrons. The molecule has 0 bridgehead atoms. The minimum Gasteiger partial charge on any atom is -0.378 e. The molecule has 1 amide bonds. The highest BCUT2D eigenvalue weighted by molar-refractivity contribution is 7.88. The minimum absolute atomic E-state index is 0.0633. The third-order valence-electron chi connectivity index (χ3n) is 6.37. The number of likely N-dealkylation sites (tertiary alicyclic amines) is 1. The number of rotatable bonds is 5. The summed E-state index contributed by atoms with van der Waals surface area (Å²) in [4.78, 5) is 35.0. The second-order valence-corrected chi connectivity index (χ2v) is 10.5. The molecule has 10 heteroatoms. The molecule has 4 rings (SSSR count). The standard InChI is InChI=1S/C20H30N4O5S/c1-30(27,28)23-11-9-15-16(13-23)21-19(22-20(15)26)17-6-2-3-10-24(17)18(25)8-7-14-5-4-12-29-14/h14,17H,2-13H2,1H3,(H,21,22,26)/t14-,17+/m0/s1. The fourth-order valence-corrected chi connectivity index (χ4v) is 5.47. The van der Waals surface area contributed by atoms with E-state index in [9.17, 15) is 18.0 Å². The Hall–Kier alpha value is -1.78. The Morgan fingerprint density at radius 3 is 2.80 bits per heavy atom. The van der Waals surface area contributed by atoms with Crippen molar-refractivity contribution in [2.45, 2.75) is 70.1 Å². The van der Waals surface area contributed by atoms with Crippen LogP contribution in [0.25, 0.3) is 0 Å². The lowest BCUT2D eigenvalue weighted by atomic mass is 9.99. The van der Waals surface area contributed by atoms with E-state index in [2.05, 4.69) is 9.97 Å². The van der Waals surface area contributed by atoms with Gasteiger partial charge in [0.1, 0.15) is 5.82 Å². The molecule has 2 atom stereocenters. The molecule has 4 heterocycles. The van der Waals surface area contributed by atoms with Crippen LogP contribution >= 0.6 is 0 Å². The maximum Gasteiger partial charge on any atom is 0.254 e. The van der Waals surface area contributed by atoms with Gasteiger partial charge in [-0.25, -0.2) is 13.4 Å². The summed E-state index contributed by atoms with van der Waals surface area (Å²) in [5, 5.41) is 0. The van der Waals surface area contributed by atoms with E-state index in [1.54, 1.807) is 0 Å². The molecule has 0 radical (unpaired) electrons. The van der Waals surface area contributed by atoms with Crippen LogP contribution in [0.1, 0.15) is 68.1 Å². The molecule has 1 aromatic heterocycles. The van der Waals surface area contributed by atoms with E-state index in [1.165, 1.54) is 10.6 Å². The molecule has 3 aliphatic heterocycles. The second-order valence-electron chi connectivity index (χ2n) is 8.50. The van der Waals surface area contributed by atoms with Gasteiger partial charge in [-0.3, -0.25) is 9.59 Å². The van der Waals surface area contributed by atoms with Crippen LogP contribution in [-0.4, -0.2) is 65.6 Å². The van der Waals surface area contributed by atoms with Crippen molar-refractivity contribution in [1.82, 2.24) is 19.2 Å². The lowest BCUT2D eigenvalue weighted by Crippen LogP contribution is -2.42. The van der Waals surface area contributed by atoms with Crippen molar-refractivity contribution in [3.05, 3.63) is 27.4 Å². The number of piperidine rings is 1. The second kappa shape index (κ2) is 8.76. The summed E-state index contributed by atoms with van der Waals surface area (Å²) in [6.45, 7) is 1.80. The molecular formula is C20H30N4O5S. The van der Waals surface area contributed by atoms with Gasteiger partial charge in [0.15, 0.2) is 0 Å². The number of aromatic nitrogens is 2. The van der Waals surface area contributed by atoms with E-state index in [4.69, 9.17) is 4.74 Å². The molecule has 0 aliphatic carbocycles. The topological polar surface area (TPSA) is 113 Å². The summed E-state index contributed by atoms with van der Waals surface area (Å²) < 4.78 is 30.9. The van der Waals surface area contributed by atoms with Crippen LogP contribution in [-0.2, 0) is 32.5 Å². The first-order chi connectivity index (χ1) is 14.3. The van der Waals surface area contributed by atoms with Gasteiger partial charge in [0.2, 0.25) is 15.9 Å². The number of amides is 1. The lowest BCUT2D eigenvalue weighted by Gasteiger charge is -2.36. The van der Waals surface area contributed by atoms with Gasteiger partial charge in [-0.15, -0.1) is 0 Å². The monoisotopic (exact) mass is 438 g/mol. The van der Waals surface area contributed by atoms with E-state index in [0.717, 1.165) is 45.1 Å². The Balaban J connectivity index is 1.54. The Bertz CT molecular complexity index is 954. The van der Waals surface area contributed by atoms with E-state index in [0.29, 0.717) is 36.5 Å². The van der Waals surface area contributed by atoms with Gasteiger partial charge in [-0.1, -0.05) is 0 Å². The molecule has 0 saturated carbocycles. The average Bonchev–Trinajstić information content (AvgIpc) is 3.24. The summed E-state index contributed by atoms with van der Waals surface area (Å²) in [5.74, 6) is 0.535. The molecular weight excluding hydrogens is 408 g/mol. The number of hydrogen-bond donors (Lipinski definition) is 1. The molecule has 1 N–H and O–H groups in total. The van der Waals surface area contributed by atoms with Crippen LogP contribution in [0, 0.1) is 0 Å².